The van der Waals surface area contributed by atoms with Gasteiger partial charge in [0, 0.05) is 26.2 Å². The smallest absolute Gasteiger partial charge is 0.309 e. The Morgan fingerprint density at radius 2 is 1.10 bits per heavy atom. The Morgan fingerprint density at radius 3 is 1.44 bits per heavy atom. The average molecular weight is 806 g/mol. The second kappa shape index (κ2) is 16.5. The number of rotatable bonds is 16. The Balaban J connectivity index is 0.000000270. The summed E-state index contributed by atoms with van der Waals surface area (Å²) in [4.78, 5) is 60.2. The average Bonchev–Trinajstić information content (AvgIpc) is 3.34. The molecule has 50 heavy (non-hydrogen) atoms. The van der Waals surface area contributed by atoms with Crippen molar-refractivity contribution in [1.82, 2.24) is 40.3 Å². The molecule has 0 aliphatic carbocycles. The van der Waals surface area contributed by atoms with Crippen LogP contribution in [0.15, 0.2) is 0 Å². The second-order valence-electron chi connectivity index (χ2n) is 10.8. The SMILES string of the molecule is CS(=O)(=O)NCCONC(=O)[C@@H]1CC[C@@H]2CN1C(=O)N2OS(=O)(=O)O.NS(=O)(=O)NCCONC(=O)[C@@H]1CC[C@@H]2CN1C(=O)N2OS(=O)(=O)O. The number of hydrogen-bond donors (Lipinski definition) is 7. The largest absolute Gasteiger partial charge is 0.418 e. The van der Waals surface area contributed by atoms with E-state index in [0.717, 1.165) is 16.1 Å². The van der Waals surface area contributed by atoms with Crippen molar-refractivity contribution in [1.29, 1.82) is 0 Å². The summed E-state index contributed by atoms with van der Waals surface area (Å²) < 4.78 is 116. The number of carbonyl (C=O) groups is 4. The lowest BCUT2D eigenvalue weighted by molar-refractivity contribution is -0.139. The first-order valence-electron chi connectivity index (χ1n) is 14.0. The van der Waals surface area contributed by atoms with Gasteiger partial charge in [-0.2, -0.15) is 35.4 Å². The Kier molecular flexibility index (Phi) is 13.6. The van der Waals surface area contributed by atoms with Crippen molar-refractivity contribution >= 4 is 64.9 Å². The number of nitrogens with one attached hydrogen (secondary N) is 4. The number of fused-ring (bicyclic) bond motifs is 4. The van der Waals surface area contributed by atoms with E-state index >= 15 is 0 Å². The molecule has 4 aliphatic rings. The first-order valence-corrected chi connectivity index (χ1v) is 20.2. The lowest BCUT2D eigenvalue weighted by atomic mass is 10.0. The molecular formula is C19H35N9O18S4. The third-order valence-corrected chi connectivity index (χ3v) is 9.05. The van der Waals surface area contributed by atoms with Crippen LogP contribution < -0.4 is 25.5 Å². The maximum Gasteiger partial charge on any atom is 0.418 e. The maximum absolute atomic E-state index is 12.1. The normalized spacial score (nSPS) is 23.8. The van der Waals surface area contributed by atoms with Crippen molar-refractivity contribution < 1.29 is 80.2 Å². The minimum Gasteiger partial charge on any atom is -0.309 e. The van der Waals surface area contributed by atoms with Gasteiger partial charge in [-0.3, -0.25) is 28.4 Å². The Hall–Kier alpha value is -3.08. The van der Waals surface area contributed by atoms with Gasteiger partial charge in [-0.05, 0) is 25.7 Å². The molecule has 0 aromatic heterocycles. The van der Waals surface area contributed by atoms with E-state index < -0.39 is 89.1 Å². The molecule has 4 rings (SSSR count). The summed E-state index contributed by atoms with van der Waals surface area (Å²) in [6, 6.07) is -4.78. The van der Waals surface area contributed by atoms with Crippen LogP contribution in [0.2, 0.25) is 0 Å². The van der Waals surface area contributed by atoms with Gasteiger partial charge in [0.25, 0.3) is 22.0 Å². The zero-order chi connectivity index (χ0) is 37.7. The molecular weight excluding hydrogens is 771 g/mol. The van der Waals surface area contributed by atoms with Crippen molar-refractivity contribution in [3.8, 4) is 0 Å². The summed E-state index contributed by atoms with van der Waals surface area (Å²) in [5, 5.41) is 5.74. The molecule has 0 radical (unpaired) electrons. The van der Waals surface area contributed by atoms with Crippen LogP contribution in [0.25, 0.3) is 0 Å². The summed E-state index contributed by atoms with van der Waals surface area (Å²) in [6.45, 7) is -0.458. The highest BCUT2D eigenvalue weighted by Gasteiger charge is 2.50. The first kappa shape index (κ1) is 41.3. The van der Waals surface area contributed by atoms with E-state index in [2.05, 4.69) is 24.2 Å². The molecule has 4 aliphatic heterocycles. The van der Waals surface area contributed by atoms with Crippen LogP contribution in [-0.2, 0) is 68.9 Å². The molecule has 0 spiro atoms. The summed E-state index contributed by atoms with van der Waals surface area (Å²) >= 11 is 0. The fraction of sp³-hybridized carbons (Fsp3) is 0.789. The van der Waals surface area contributed by atoms with E-state index in [4.69, 9.17) is 23.9 Å². The van der Waals surface area contributed by atoms with Crippen molar-refractivity contribution in [2.24, 2.45) is 5.14 Å². The quantitative estimate of drug-likeness (QED) is 0.0434. The number of sulfonamides is 1. The number of hydrogen-bond acceptors (Lipinski definition) is 16. The standard InChI is InChI=1S/C10H18N4O9S2.C9H17N5O9S2/c1-24(17,18)11-4-5-22-12-9(15)8-3-2-7-6-13(8)10(16)14(7)23-25(19,20)21;10-24(17,18)11-3-4-22-12-8(15)7-2-1-6-5-13(7)9(16)14(6)23-25(19,20)21/h7-8,11H,2-6H2,1H3,(H,12,15)(H,19,20,21);6-7,11H,1-5H2,(H,12,15)(H2,10,17,18)(H,19,20,21)/t7-,8+;6-,7+/m11/s1. The predicted octanol–water partition coefficient (Wildman–Crippen LogP) is -5.58. The zero-order valence-corrected chi connectivity index (χ0v) is 29.1. The molecule has 0 aromatic carbocycles. The fourth-order valence-electron chi connectivity index (χ4n) is 5.10. The van der Waals surface area contributed by atoms with Gasteiger partial charge < -0.3 is 9.80 Å². The van der Waals surface area contributed by atoms with Crippen LogP contribution >= 0.6 is 0 Å². The van der Waals surface area contributed by atoms with Crippen LogP contribution in [0.5, 0.6) is 0 Å². The van der Waals surface area contributed by atoms with Crippen molar-refractivity contribution in [2.75, 3.05) is 45.6 Å². The first-order chi connectivity index (χ1) is 23.0. The molecule has 4 saturated heterocycles. The topological polar surface area (TPSA) is 369 Å². The van der Waals surface area contributed by atoms with E-state index in [1.165, 1.54) is 0 Å². The summed E-state index contributed by atoms with van der Waals surface area (Å²) in [7, 11) is -16.9. The molecule has 0 unspecified atom stereocenters. The minimum absolute atomic E-state index is 0.0411. The summed E-state index contributed by atoms with van der Waals surface area (Å²) in [5.74, 6) is -1.31. The summed E-state index contributed by atoms with van der Waals surface area (Å²) in [5.41, 5.74) is 4.18. The van der Waals surface area contributed by atoms with Crippen LogP contribution in [-0.4, -0.2) is 156 Å². The number of amides is 6. The van der Waals surface area contributed by atoms with Crippen LogP contribution in [0.3, 0.4) is 0 Å². The highest BCUT2D eigenvalue weighted by Crippen LogP contribution is 2.31. The van der Waals surface area contributed by atoms with Crippen molar-refractivity contribution in [3.05, 3.63) is 0 Å². The van der Waals surface area contributed by atoms with Crippen molar-refractivity contribution in [2.45, 2.75) is 49.9 Å². The van der Waals surface area contributed by atoms with Gasteiger partial charge in [-0.15, -0.1) is 8.57 Å². The van der Waals surface area contributed by atoms with E-state index in [1.54, 1.807) is 0 Å². The number of nitrogens with two attached hydrogens (primary N) is 1. The maximum atomic E-state index is 12.1. The molecule has 6 amide bonds. The van der Waals surface area contributed by atoms with Gasteiger partial charge in [0.1, 0.15) is 12.1 Å². The Bertz CT molecular complexity index is 1600. The lowest BCUT2D eigenvalue weighted by Gasteiger charge is -2.28. The van der Waals surface area contributed by atoms with E-state index in [-0.39, 0.29) is 65.1 Å². The summed E-state index contributed by atoms with van der Waals surface area (Å²) in [6.07, 6.45) is 1.97. The number of piperidine rings is 2. The number of carbonyl (C=O) groups excluding carboxylic acids is 4. The fourth-order valence-corrected chi connectivity index (χ4v) is 6.70. The van der Waals surface area contributed by atoms with Crippen molar-refractivity contribution in [3.63, 3.8) is 0 Å². The molecule has 4 heterocycles. The molecule has 4 atom stereocenters. The van der Waals surface area contributed by atoms with Gasteiger partial charge in [0.15, 0.2) is 0 Å². The van der Waals surface area contributed by atoms with Crippen LogP contribution in [0.4, 0.5) is 9.59 Å². The number of nitrogens with zero attached hydrogens (tertiary/aromatic N) is 4. The van der Waals surface area contributed by atoms with Crippen LogP contribution in [0.1, 0.15) is 25.7 Å². The van der Waals surface area contributed by atoms with E-state index in [9.17, 15) is 52.8 Å². The van der Waals surface area contributed by atoms with Gasteiger partial charge in [0.05, 0.1) is 31.6 Å². The molecule has 0 saturated carbocycles. The van der Waals surface area contributed by atoms with Gasteiger partial charge in [-0.25, -0.2) is 43.6 Å². The van der Waals surface area contributed by atoms with Gasteiger partial charge >= 0.3 is 32.9 Å². The molecule has 4 fully saturated rings. The van der Waals surface area contributed by atoms with E-state index in [0.29, 0.717) is 10.1 Å². The third kappa shape index (κ3) is 12.6. The van der Waals surface area contributed by atoms with Crippen LogP contribution in [0, 0.1) is 0 Å². The molecule has 0 aromatic rings. The molecule has 27 nitrogen and oxygen atoms in total. The Morgan fingerprint density at radius 1 is 0.720 bits per heavy atom. The predicted molar refractivity (Wildman–Crippen MR) is 159 cm³/mol. The van der Waals surface area contributed by atoms with Gasteiger partial charge in [-0.1, -0.05) is 0 Å². The number of urea groups is 2. The van der Waals surface area contributed by atoms with Gasteiger partial charge in [0.2, 0.25) is 10.0 Å². The lowest BCUT2D eigenvalue weighted by Crippen LogP contribution is -2.50. The highest BCUT2D eigenvalue weighted by atomic mass is 32.3. The molecule has 8 N–H and O–H groups in total. The zero-order valence-electron chi connectivity index (χ0n) is 25.8. The molecule has 288 valence electrons. The number of hydroxylamine groups is 6. The Labute approximate surface area is 285 Å². The van der Waals surface area contributed by atoms with E-state index in [1.807, 2.05) is 4.72 Å². The minimum atomic E-state index is -4.86. The third-order valence-electron chi connectivity index (χ3n) is 7.02. The molecule has 4 bridgehead atoms. The second-order valence-corrected chi connectivity index (χ2v) is 16.0. The monoisotopic (exact) mass is 805 g/mol. The highest BCUT2D eigenvalue weighted by molar-refractivity contribution is 7.88. The molecule has 31 heteroatoms.